The molecule has 0 atom stereocenters. The molecular weight excluding hydrogens is 331 g/mol. The number of anilines is 2. The highest BCUT2D eigenvalue weighted by atomic mass is 19.1. The molecule has 0 saturated heterocycles. The summed E-state index contributed by atoms with van der Waals surface area (Å²) in [5, 5.41) is 7.39. The highest BCUT2D eigenvalue weighted by Crippen LogP contribution is 2.31. The Labute approximate surface area is 151 Å². The van der Waals surface area contributed by atoms with Crippen molar-refractivity contribution in [3.8, 4) is 5.69 Å². The van der Waals surface area contributed by atoms with Crippen LogP contribution in [0.1, 0.15) is 17.7 Å². The first-order valence-corrected chi connectivity index (χ1v) is 8.55. The molecule has 0 bridgehead atoms. The van der Waals surface area contributed by atoms with Gasteiger partial charge in [-0.3, -0.25) is 4.79 Å². The van der Waals surface area contributed by atoms with Gasteiger partial charge in [-0.25, -0.2) is 9.07 Å². The molecular formula is C20H19FN4O. The van der Waals surface area contributed by atoms with E-state index in [-0.39, 0.29) is 11.7 Å². The predicted octanol–water partition coefficient (Wildman–Crippen LogP) is 3.67. The van der Waals surface area contributed by atoms with Crippen molar-refractivity contribution in [2.45, 2.75) is 19.9 Å². The Balaban J connectivity index is 1.65. The van der Waals surface area contributed by atoms with Gasteiger partial charge in [0.05, 0.1) is 22.8 Å². The van der Waals surface area contributed by atoms with E-state index < -0.39 is 0 Å². The number of nitrogens with zero attached hydrogens (tertiary/aromatic N) is 3. The standard InChI is InChI=1S/C20H19FN4O/c1-14-15(13-25(23-14)17-5-3-2-4-6-17)12-24-10-9-20(26)22-18-11-16(21)7-8-19(18)24/h2-8,11,13H,9-10,12H2,1H3,(H,22,26). The van der Waals surface area contributed by atoms with Crippen LogP contribution >= 0.6 is 0 Å². The van der Waals surface area contributed by atoms with E-state index in [2.05, 4.69) is 15.3 Å². The molecule has 0 spiro atoms. The van der Waals surface area contributed by atoms with Crippen molar-refractivity contribution in [3.63, 3.8) is 0 Å². The minimum Gasteiger partial charge on any atom is -0.365 e. The Bertz CT molecular complexity index is 952. The number of aromatic nitrogens is 2. The Morgan fingerprint density at radius 1 is 1.19 bits per heavy atom. The molecule has 1 aromatic heterocycles. The maximum Gasteiger partial charge on any atom is 0.226 e. The number of carbonyl (C=O) groups is 1. The summed E-state index contributed by atoms with van der Waals surface area (Å²) in [5.74, 6) is -0.463. The maximum absolute atomic E-state index is 13.6. The lowest BCUT2D eigenvalue weighted by atomic mass is 10.2. The van der Waals surface area contributed by atoms with E-state index in [0.717, 1.165) is 22.6 Å². The normalized spacial score (nSPS) is 13.9. The fourth-order valence-electron chi connectivity index (χ4n) is 3.19. The van der Waals surface area contributed by atoms with Gasteiger partial charge in [0.25, 0.3) is 0 Å². The van der Waals surface area contributed by atoms with Gasteiger partial charge in [0.15, 0.2) is 0 Å². The first-order chi connectivity index (χ1) is 12.6. The van der Waals surface area contributed by atoms with Crippen molar-refractivity contribution in [1.82, 2.24) is 9.78 Å². The third-order valence-corrected chi connectivity index (χ3v) is 4.56. The summed E-state index contributed by atoms with van der Waals surface area (Å²) in [5.41, 5.74) is 4.33. The van der Waals surface area contributed by atoms with E-state index in [9.17, 15) is 9.18 Å². The van der Waals surface area contributed by atoms with Crippen LogP contribution in [0, 0.1) is 12.7 Å². The zero-order valence-electron chi connectivity index (χ0n) is 14.4. The molecule has 0 unspecified atom stereocenters. The number of halogens is 1. The lowest BCUT2D eigenvalue weighted by molar-refractivity contribution is -0.115. The van der Waals surface area contributed by atoms with Gasteiger partial charge in [-0.2, -0.15) is 5.10 Å². The number of aryl methyl sites for hydroxylation is 1. The van der Waals surface area contributed by atoms with Gasteiger partial charge in [0.2, 0.25) is 5.91 Å². The molecule has 2 aromatic carbocycles. The third kappa shape index (κ3) is 3.18. The number of nitrogens with one attached hydrogen (secondary N) is 1. The van der Waals surface area contributed by atoms with Crippen molar-refractivity contribution >= 4 is 17.3 Å². The first kappa shape index (κ1) is 16.3. The quantitative estimate of drug-likeness (QED) is 0.784. The fourth-order valence-corrected chi connectivity index (χ4v) is 3.19. The average molecular weight is 350 g/mol. The second-order valence-corrected chi connectivity index (χ2v) is 6.40. The van der Waals surface area contributed by atoms with E-state index in [1.54, 1.807) is 6.07 Å². The summed E-state index contributed by atoms with van der Waals surface area (Å²) < 4.78 is 15.4. The predicted molar refractivity (Wildman–Crippen MR) is 99.0 cm³/mol. The Kier molecular flexibility index (Phi) is 4.16. The van der Waals surface area contributed by atoms with Gasteiger partial charge >= 0.3 is 0 Å². The minimum atomic E-state index is -0.362. The van der Waals surface area contributed by atoms with Crippen LogP contribution in [0.5, 0.6) is 0 Å². The SMILES string of the molecule is Cc1nn(-c2ccccc2)cc1CN1CCC(=O)Nc2cc(F)ccc21. The van der Waals surface area contributed by atoms with Gasteiger partial charge < -0.3 is 10.2 Å². The highest BCUT2D eigenvalue weighted by Gasteiger charge is 2.21. The molecule has 132 valence electrons. The molecule has 2 heterocycles. The van der Waals surface area contributed by atoms with Crippen LogP contribution in [0.3, 0.4) is 0 Å². The van der Waals surface area contributed by atoms with Crippen LogP contribution in [0.2, 0.25) is 0 Å². The first-order valence-electron chi connectivity index (χ1n) is 8.55. The molecule has 26 heavy (non-hydrogen) atoms. The van der Waals surface area contributed by atoms with E-state index in [0.29, 0.717) is 25.2 Å². The number of fused-ring (bicyclic) bond motifs is 1. The zero-order valence-corrected chi connectivity index (χ0v) is 14.4. The molecule has 1 aliphatic rings. The molecule has 0 aliphatic carbocycles. The minimum absolute atomic E-state index is 0.101. The second kappa shape index (κ2) is 6.63. The molecule has 0 fully saturated rings. The summed E-state index contributed by atoms with van der Waals surface area (Å²) in [4.78, 5) is 14.0. The number of para-hydroxylation sites is 1. The molecule has 3 aromatic rings. The van der Waals surface area contributed by atoms with Gasteiger partial charge in [0.1, 0.15) is 5.82 Å². The lowest BCUT2D eigenvalue weighted by Gasteiger charge is -2.23. The number of hydrogen-bond acceptors (Lipinski definition) is 3. The van der Waals surface area contributed by atoms with Gasteiger partial charge in [0, 0.05) is 31.3 Å². The fraction of sp³-hybridized carbons (Fsp3) is 0.200. The highest BCUT2D eigenvalue weighted by molar-refractivity contribution is 5.96. The van der Waals surface area contributed by atoms with Crippen molar-refractivity contribution in [1.29, 1.82) is 0 Å². The van der Waals surface area contributed by atoms with Crippen LogP contribution in [0.15, 0.2) is 54.7 Å². The Morgan fingerprint density at radius 3 is 2.81 bits per heavy atom. The van der Waals surface area contributed by atoms with E-state index >= 15 is 0 Å². The van der Waals surface area contributed by atoms with Crippen molar-refractivity contribution < 1.29 is 9.18 Å². The number of amides is 1. The Morgan fingerprint density at radius 2 is 2.00 bits per heavy atom. The number of hydrogen-bond donors (Lipinski definition) is 1. The maximum atomic E-state index is 13.6. The number of rotatable bonds is 3. The van der Waals surface area contributed by atoms with Crippen molar-refractivity contribution in [3.05, 3.63) is 71.8 Å². The molecule has 1 N–H and O–H groups in total. The summed E-state index contributed by atoms with van der Waals surface area (Å²) in [7, 11) is 0. The molecule has 1 aliphatic heterocycles. The van der Waals surface area contributed by atoms with Crippen LogP contribution < -0.4 is 10.2 Å². The molecule has 5 nitrogen and oxygen atoms in total. The molecule has 4 rings (SSSR count). The zero-order chi connectivity index (χ0) is 18.1. The van der Waals surface area contributed by atoms with Crippen molar-refractivity contribution in [2.75, 3.05) is 16.8 Å². The van der Waals surface area contributed by atoms with Crippen LogP contribution in [0.4, 0.5) is 15.8 Å². The largest absolute Gasteiger partial charge is 0.365 e. The molecule has 1 amide bonds. The summed E-state index contributed by atoms with van der Waals surface area (Å²) >= 11 is 0. The number of carbonyl (C=O) groups excluding carboxylic acids is 1. The molecule has 0 saturated carbocycles. The van der Waals surface area contributed by atoms with E-state index in [1.807, 2.05) is 48.1 Å². The third-order valence-electron chi connectivity index (χ3n) is 4.56. The van der Waals surface area contributed by atoms with Gasteiger partial charge in [-0.05, 0) is 37.3 Å². The molecule has 6 heteroatoms. The topological polar surface area (TPSA) is 50.2 Å². The summed E-state index contributed by atoms with van der Waals surface area (Å²) in [6.45, 7) is 3.15. The summed E-state index contributed by atoms with van der Waals surface area (Å²) in [6, 6.07) is 14.4. The van der Waals surface area contributed by atoms with Crippen LogP contribution in [0.25, 0.3) is 5.69 Å². The van der Waals surface area contributed by atoms with Crippen LogP contribution in [-0.2, 0) is 11.3 Å². The monoisotopic (exact) mass is 350 g/mol. The lowest BCUT2D eigenvalue weighted by Crippen LogP contribution is -2.24. The second-order valence-electron chi connectivity index (χ2n) is 6.40. The van der Waals surface area contributed by atoms with Gasteiger partial charge in [-0.15, -0.1) is 0 Å². The summed E-state index contributed by atoms with van der Waals surface area (Å²) in [6.07, 6.45) is 2.37. The molecule has 0 radical (unpaired) electrons. The van der Waals surface area contributed by atoms with E-state index in [1.165, 1.54) is 12.1 Å². The Hall–Kier alpha value is -3.15. The van der Waals surface area contributed by atoms with E-state index in [4.69, 9.17) is 0 Å². The smallest absolute Gasteiger partial charge is 0.226 e. The van der Waals surface area contributed by atoms with Gasteiger partial charge in [-0.1, -0.05) is 18.2 Å². The average Bonchev–Trinajstić information content (AvgIpc) is 2.92. The number of benzene rings is 2. The van der Waals surface area contributed by atoms with Crippen molar-refractivity contribution in [2.24, 2.45) is 0 Å². The van der Waals surface area contributed by atoms with Crippen LogP contribution in [-0.4, -0.2) is 22.2 Å².